The van der Waals surface area contributed by atoms with Crippen molar-refractivity contribution >= 4 is 5.69 Å². The standard InChI is InChI=1S/C11H17NO2/c1-8(2)9-4-5-11(14-3)10(6-9)12-7-13/h4-6,8,12-13H,7H2,1-3H3. The van der Waals surface area contributed by atoms with Crippen molar-refractivity contribution in [3.05, 3.63) is 23.8 Å². The van der Waals surface area contributed by atoms with Crippen molar-refractivity contribution < 1.29 is 9.84 Å². The Bertz CT molecular complexity index is 297. The number of anilines is 1. The summed E-state index contributed by atoms with van der Waals surface area (Å²) in [6.45, 7) is 4.17. The molecule has 0 bridgehead atoms. The highest BCUT2D eigenvalue weighted by Gasteiger charge is 2.05. The predicted molar refractivity (Wildman–Crippen MR) is 57.8 cm³/mol. The molecule has 3 nitrogen and oxygen atoms in total. The second kappa shape index (κ2) is 4.86. The minimum Gasteiger partial charge on any atom is -0.495 e. The van der Waals surface area contributed by atoms with Gasteiger partial charge in [0.15, 0.2) is 0 Å². The summed E-state index contributed by atoms with van der Waals surface area (Å²) in [6, 6.07) is 5.94. The van der Waals surface area contributed by atoms with Crippen molar-refractivity contribution in [2.24, 2.45) is 0 Å². The summed E-state index contributed by atoms with van der Waals surface area (Å²) in [5, 5.41) is 11.7. The lowest BCUT2D eigenvalue weighted by Crippen LogP contribution is -2.02. The van der Waals surface area contributed by atoms with Crippen LogP contribution in [0.5, 0.6) is 5.75 Å². The van der Waals surface area contributed by atoms with Gasteiger partial charge in [0, 0.05) is 0 Å². The molecule has 14 heavy (non-hydrogen) atoms. The largest absolute Gasteiger partial charge is 0.495 e. The van der Waals surface area contributed by atoms with Gasteiger partial charge in [-0.1, -0.05) is 19.9 Å². The predicted octanol–water partition coefficient (Wildman–Crippen LogP) is 2.18. The third-order valence-corrected chi connectivity index (χ3v) is 2.16. The van der Waals surface area contributed by atoms with E-state index >= 15 is 0 Å². The molecule has 1 rings (SSSR count). The number of methoxy groups -OCH3 is 1. The van der Waals surface area contributed by atoms with E-state index in [1.54, 1.807) is 7.11 Å². The summed E-state index contributed by atoms with van der Waals surface area (Å²) in [4.78, 5) is 0. The topological polar surface area (TPSA) is 41.5 Å². The van der Waals surface area contributed by atoms with E-state index < -0.39 is 0 Å². The van der Waals surface area contributed by atoms with Crippen LogP contribution >= 0.6 is 0 Å². The second-order valence-electron chi connectivity index (χ2n) is 3.45. The van der Waals surface area contributed by atoms with Gasteiger partial charge in [0.2, 0.25) is 0 Å². The van der Waals surface area contributed by atoms with Crippen LogP contribution in [0.15, 0.2) is 18.2 Å². The molecule has 0 radical (unpaired) electrons. The summed E-state index contributed by atoms with van der Waals surface area (Å²) in [5.74, 6) is 1.23. The molecule has 0 saturated heterocycles. The summed E-state index contributed by atoms with van der Waals surface area (Å²) in [5.41, 5.74) is 2.06. The lowest BCUT2D eigenvalue weighted by Gasteiger charge is -2.12. The van der Waals surface area contributed by atoms with Crippen LogP contribution in [0.1, 0.15) is 25.3 Å². The van der Waals surface area contributed by atoms with Crippen molar-refractivity contribution in [3.8, 4) is 5.75 Å². The van der Waals surface area contributed by atoms with Crippen molar-refractivity contribution in [3.63, 3.8) is 0 Å². The molecule has 0 spiro atoms. The Labute approximate surface area is 84.7 Å². The normalized spacial score (nSPS) is 10.4. The molecule has 0 atom stereocenters. The number of hydrogen-bond acceptors (Lipinski definition) is 3. The fourth-order valence-corrected chi connectivity index (χ4v) is 1.31. The number of ether oxygens (including phenoxy) is 1. The van der Waals surface area contributed by atoms with E-state index in [4.69, 9.17) is 9.84 Å². The van der Waals surface area contributed by atoms with Crippen LogP contribution < -0.4 is 10.1 Å². The Morgan fingerprint density at radius 3 is 2.64 bits per heavy atom. The van der Waals surface area contributed by atoms with Crippen LogP contribution in [0.3, 0.4) is 0 Å². The first-order valence-corrected chi connectivity index (χ1v) is 4.71. The van der Waals surface area contributed by atoms with E-state index in [0.717, 1.165) is 11.4 Å². The number of aliphatic hydroxyl groups excluding tert-OH is 1. The van der Waals surface area contributed by atoms with E-state index in [1.807, 2.05) is 18.2 Å². The molecular formula is C11H17NO2. The fraction of sp³-hybridized carbons (Fsp3) is 0.455. The average Bonchev–Trinajstić information content (AvgIpc) is 2.18. The van der Waals surface area contributed by atoms with Gasteiger partial charge in [-0.25, -0.2) is 0 Å². The highest BCUT2D eigenvalue weighted by molar-refractivity contribution is 5.58. The van der Waals surface area contributed by atoms with Gasteiger partial charge in [-0.2, -0.15) is 0 Å². The molecule has 78 valence electrons. The molecule has 0 heterocycles. The smallest absolute Gasteiger partial charge is 0.142 e. The van der Waals surface area contributed by atoms with Crippen LogP contribution in [-0.2, 0) is 0 Å². The number of aliphatic hydroxyl groups is 1. The van der Waals surface area contributed by atoms with Gasteiger partial charge in [-0.3, -0.25) is 0 Å². The van der Waals surface area contributed by atoms with E-state index in [0.29, 0.717) is 5.92 Å². The van der Waals surface area contributed by atoms with Gasteiger partial charge in [0.05, 0.1) is 12.8 Å². The maximum absolute atomic E-state index is 8.80. The Kier molecular flexibility index (Phi) is 3.77. The first-order chi connectivity index (χ1) is 6.69. The highest BCUT2D eigenvalue weighted by Crippen LogP contribution is 2.28. The van der Waals surface area contributed by atoms with Gasteiger partial charge < -0.3 is 15.2 Å². The molecule has 2 N–H and O–H groups in total. The third-order valence-electron chi connectivity index (χ3n) is 2.16. The molecule has 0 amide bonds. The summed E-state index contributed by atoms with van der Waals surface area (Å²) < 4.78 is 5.16. The Morgan fingerprint density at radius 1 is 1.43 bits per heavy atom. The number of nitrogens with one attached hydrogen (secondary N) is 1. The molecule has 0 aliphatic rings. The molecule has 0 saturated carbocycles. The maximum atomic E-state index is 8.80. The van der Waals surface area contributed by atoms with Crippen molar-refractivity contribution in [2.45, 2.75) is 19.8 Å². The van der Waals surface area contributed by atoms with Crippen LogP contribution in [0.2, 0.25) is 0 Å². The maximum Gasteiger partial charge on any atom is 0.142 e. The Balaban J connectivity index is 3.01. The molecule has 1 aromatic rings. The van der Waals surface area contributed by atoms with E-state index in [1.165, 1.54) is 5.56 Å². The average molecular weight is 195 g/mol. The van der Waals surface area contributed by atoms with Crippen LogP contribution in [0, 0.1) is 0 Å². The SMILES string of the molecule is COc1ccc(C(C)C)cc1NCO. The molecule has 0 unspecified atom stereocenters. The monoisotopic (exact) mass is 195 g/mol. The van der Waals surface area contributed by atoms with Gasteiger partial charge in [0.1, 0.15) is 12.5 Å². The fourth-order valence-electron chi connectivity index (χ4n) is 1.31. The molecule has 3 heteroatoms. The highest BCUT2D eigenvalue weighted by atomic mass is 16.5. The van der Waals surface area contributed by atoms with Crippen LogP contribution in [-0.4, -0.2) is 18.9 Å². The van der Waals surface area contributed by atoms with Crippen LogP contribution in [0.25, 0.3) is 0 Å². The molecule has 0 fully saturated rings. The lowest BCUT2D eigenvalue weighted by atomic mass is 10.0. The zero-order valence-corrected chi connectivity index (χ0v) is 8.87. The third kappa shape index (κ3) is 2.39. The van der Waals surface area contributed by atoms with Crippen molar-refractivity contribution in [2.75, 3.05) is 19.2 Å². The Morgan fingerprint density at radius 2 is 2.14 bits per heavy atom. The summed E-state index contributed by atoms with van der Waals surface area (Å²) in [7, 11) is 1.62. The molecule has 0 aromatic heterocycles. The molecule has 1 aromatic carbocycles. The molecular weight excluding hydrogens is 178 g/mol. The van der Waals surface area contributed by atoms with Gasteiger partial charge >= 0.3 is 0 Å². The van der Waals surface area contributed by atoms with Crippen molar-refractivity contribution in [1.29, 1.82) is 0 Å². The van der Waals surface area contributed by atoms with Crippen molar-refractivity contribution in [1.82, 2.24) is 0 Å². The first kappa shape index (κ1) is 10.9. The molecule has 0 aliphatic heterocycles. The quantitative estimate of drug-likeness (QED) is 0.723. The minimum absolute atomic E-state index is 0.0854. The summed E-state index contributed by atoms with van der Waals surface area (Å²) >= 11 is 0. The first-order valence-electron chi connectivity index (χ1n) is 4.71. The molecule has 0 aliphatic carbocycles. The number of benzene rings is 1. The van der Waals surface area contributed by atoms with E-state index in [2.05, 4.69) is 19.2 Å². The van der Waals surface area contributed by atoms with E-state index in [-0.39, 0.29) is 6.73 Å². The van der Waals surface area contributed by atoms with E-state index in [9.17, 15) is 0 Å². The Hall–Kier alpha value is -1.22. The lowest BCUT2D eigenvalue weighted by molar-refractivity contribution is 0.324. The number of hydrogen-bond donors (Lipinski definition) is 2. The van der Waals surface area contributed by atoms with Gasteiger partial charge in [-0.15, -0.1) is 0 Å². The number of rotatable bonds is 4. The summed E-state index contributed by atoms with van der Waals surface area (Å²) in [6.07, 6.45) is 0. The zero-order valence-electron chi connectivity index (χ0n) is 8.87. The van der Waals surface area contributed by atoms with Crippen LogP contribution in [0.4, 0.5) is 5.69 Å². The zero-order chi connectivity index (χ0) is 10.6. The minimum atomic E-state index is -0.0854. The second-order valence-corrected chi connectivity index (χ2v) is 3.45. The van der Waals surface area contributed by atoms with Gasteiger partial charge in [0.25, 0.3) is 0 Å². The van der Waals surface area contributed by atoms with Gasteiger partial charge in [-0.05, 0) is 23.6 Å².